The largest absolute Gasteiger partial charge is 0.489 e. The van der Waals surface area contributed by atoms with Crippen LogP contribution in [-0.4, -0.2) is 0 Å². The molecule has 0 fully saturated rings. The topological polar surface area (TPSA) is 18.5 Å². The molecule has 0 radical (unpaired) electrons. The molecule has 12 heteroatoms. The lowest BCUT2D eigenvalue weighted by molar-refractivity contribution is -0.138. The highest BCUT2D eigenvalue weighted by molar-refractivity contribution is 7.50. The van der Waals surface area contributed by atoms with Crippen LogP contribution in [0.2, 0.25) is 0 Å². The normalized spacial score (nSPS) is 12.5. The van der Waals surface area contributed by atoms with Gasteiger partial charge in [-0.05, 0) is 83.9 Å². The Balaban J connectivity index is 1.34. The number of halogens is 9. The number of hydrogen-bond acceptors (Lipinski definition) is 2. The van der Waals surface area contributed by atoms with Crippen molar-refractivity contribution in [2.24, 2.45) is 0 Å². The van der Waals surface area contributed by atoms with Gasteiger partial charge >= 0.3 is 18.5 Å². The van der Waals surface area contributed by atoms with E-state index < -0.39 is 45.7 Å². The zero-order valence-electron chi connectivity index (χ0n) is 23.9. The first-order chi connectivity index (χ1) is 22.2. The van der Waals surface area contributed by atoms with Crippen molar-refractivity contribution in [2.75, 3.05) is 0 Å². The summed E-state index contributed by atoms with van der Waals surface area (Å²) in [4.78, 5) is 0.648. The Morgan fingerprint density at radius 1 is 0.426 bits per heavy atom. The Labute approximate surface area is 264 Å². The first-order valence-electron chi connectivity index (χ1n) is 13.9. The van der Waals surface area contributed by atoms with Gasteiger partial charge in [-0.15, -0.1) is 0 Å². The van der Waals surface area contributed by atoms with Crippen LogP contribution in [0.5, 0.6) is 11.5 Å². The summed E-state index contributed by atoms with van der Waals surface area (Å²) >= 11 is 0. The van der Waals surface area contributed by atoms with Gasteiger partial charge in [0.2, 0.25) is 0 Å². The zero-order chi connectivity index (χ0) is 33.6. The molecule has 0 atom stereocenters. The second-order valence-corrected chi connectivity index (χ2v) is 12.6. The fraction of sp³-hybridized carbons (Fsp3) is 0.143. The summed E-state index contributed by atoms with van der Waals surface area (Å²) < 4.78 is 131. The standard InChI is InChI=1S/C35H22F9O2S/c36-33(37,38)23-5-1-21(2-6-23)19-45-26-11-15-31-29(17-26)30-18-27(46-20-22-3-7-24(8-4-22)34(39,40)41)12-16-32(30)47(31)28-13-9-25(10-14-28)35(42,43)44/h1-18H,19-20H2/q+1. The highest BCUT2D eigenvalue weighted by Crippen LogP contribution is 2.50. The SMILES string of the molecule is FC(F)(F)c1ccc(COc2ccc3c(c2)c2cc(OCc4ccc(C(F)(F)F)cc4)ccc2[s+]3-c2ccc(C(F)(F)F)cc2)cc1. The lowest BCUT2D eigenvalue weighted by atomic mass is 10.1. The highest BCUT2D eigenvalue weighted by atomic mass is 32.2. The van der Waals surface area contributed by atoms with Gasteiger partial charge in [-0.2, -0.15) is 39.5 Å². The Kier molecular flexibility index (Phi) is 8.33. The summed E-state index contributed by atoms with van der Waals surface area (Å²) in [5, 5.41) is 1.46. The number of fused-ring (bicyclic) bond motifs is 3. The molecule has 1 aromatic heterocycles. The molecule has 0 bridgehead atoms. The number of benzene rings is 5. The Hall–Kier alpha value is -4.71. The fourth-order valence-corrected chi connectivity index (χ4v) is 7.38. The van der Waals surface area contributed by atoms with Crippen LogP contribution in [0.15, 0.2) is 109 Å². The Morgan fingerprint density at radius 3 is 1.11 bits per heavy atom. The molecule has 0 aliphatic rings. The maximum absolute atomic E-state index is 13.3. The molecule has 0 aliphatic heterocycles. The van der Waals surface area contributed by atoms with Gasteiger partial charge in [0.25, 0.3) is 0 Å². The summed E-state index contributed by atoms with van der Waals surface area (Å²) in [7, 11) is -0.786. The van der Waals surface area contributed by atoms with Crippen LogP contribution in [0.4, 0.5) is 39.5 Å². The first-order valence-corrected chi connectivity index (χ1v) is 15.2. The maximum atomic E-state index is 13.3. The quantitative estimate of drug-likeness (QED) is 0.124. The molecule has 2 nitrogen and oxygen atoms in total. The van der Waals surface area contributed by atoms with Crippen LogP contribution >= 0.6 is 10.5 Å². The van der Waals surface area contributed by atoms with Gasteiger partial charge in [-0.25, -0.2) is 0 Å². The van der Waals surface area contributed by atoms with Crippen molar-refractivity contribution in [3.8, 4) is 16.4 Å². The van der Waals surface area contributed by atoms with Crippen LogP contribution in [0.1, 0.15) is 27.8 Å². The third kappa shape index (κ3) is 7.02. The van der Waals surface area contributed by atoms with Crippen molar-refractivity contribution in [1.82, 2.24) is 0 Å². The molecule has 6 rings (SSSR count). The minimum absolute atomic E-state index is 0.00925. The minimum Gasteiger partial charge on any atom is -0.489 e. The average molecular weight is 678 g/mol. The average Bonchev–Trinajstić information content (AvgIpc) is 3.35. The van der Waals surface area contributed by atoms with Gasteiger partial charge < -0.3 is 9.47 Å². The summed E-state index contributed by atoms with van der Waals surface area (Å²) in [6.45, 7) is -0.0185. The predicted molar refractivity (Wildman–Crippen MR) is 162 cm³/mol. The number of thiophene rings is 1. The van der Waals surface area contributed by atoms with Crippen LogP contribution < -0.4 is 9.47 Å². The van der Waals surface area contributed by atoms with Crippen molar-refractivity contribution < 1.29 is 49.0 Å². The third-order valence-corrected chi connectivity index (χ3v) is 9.76. The van der Waals surface area contributed by atoms with Gasteiger partial charge in [0.15, 0.2) is 14.3 Å². The Morgan fingerprint density at radius 2 is 0.766 bits per heavy atom. The van der Waals surface area contributed by atoms with Gasteiger partial charge in [0, 0.05) is 22.6 Å². The molecule has 6 aromatic rings. The van der Waals surface area contributed by atoms with E-state index in [2.05, 4.69) is 0 Å². The molecule has 0 saturated heterocycles. The molecule has 0 N–H and O–H groups in total. The molecule has 0 spiro atoms. The van der Waals surface area contributed by atoms with Gasteiger partial charge in [-0.1, -0.05) is 24.3 Å². The molecule has 0 aliphatic carbocycles. The predicted octanol–water partition coefficient (Wildman–Crippen LogP) is 11.9. The molecule has 0 unspecified atom stereocenters. The molecule has 0 saturated carbocycles. The second kappa shape index (κ2) is 12.1. The molecule has 0 amide bonds. The van der Waals surface area contributed by atoms with Crippen molar-refractivity contribution in [3.05, 3.63) is 137 Å². The smallest absolute Gasteiger partial charge is 0.416 e. The van der Waals surface area contributed by atoms with Gasteiger partial charge in [0.1, 0.15) is 24.7 Å². The fourth-order valence-electron chi connectivity index (χ4n) is 5.04. The van der Waals surface area contributed by atoms with Crippen molar-refractivity contribution >= 4 is 30.6 Å². The zero-order valence-corrected chi connectivity index (χ0v) is 24.7. The van der Waals surface area contributed by atoms with E-state index in [1.807, 2.05) is 0 Å². The summed E-state index contributed by atoms with van der Waals surface area (Å²) in [5.74, 6) is 0.840. The van der Waals surface area contributed by atoms with E-state index in [4.69, 9.17) is 9.47 Å². The van der Waals surface area contributed by atoms with Crippen LogP contribution in [0.3, 0.4) is 0 Å². The van der Waals surface area contributed by atoms with E-state index in [1.165, 1.54) is 36.4 Å². The van der Waals surface area contributed by atoms with Crippen LogP contribution in [0.25, 0.3) is 25.1 Å². The van der Waals surface area contributed by atoms with E-state index in [0.717, 1.165) is 56.6 Å². The second-order valence-electron chi connectivity index (χ2n) is 10.6. The van der Waals surface area contributed by atoms with E-state index in [-0.39, 0.29) is 13.2 Å². The van der Waals surface area contributed by atoms with Crippen LogP contribution in [-0.2, 0) is 31.7 Å². The van der Waals surface area contributed by atoms with E-state index >= 15 is 0 Å². The molecular formula is C35H22F9O2S+. The van der Waals surface area contributed by atoms with E-state index in [0.29, 0.717) is 27.5 Å². The van der Waals surface area contributed by atoms with Gasteiger partial charge in [0.05, 0.1) is 27.5 Å². The lowest BCUT2D eigenvalue weighted by Gasteiger charge is -2.09. The van der Waals surface area contributed by atoms with Gasteiger partial charge in [-0.3, -0.25) is 0 Å². The Bertz CT molecular complexity index is 1900. The lowest BCUT2D eigenvalue weighted by Crippen LogP contribution is -2.05. The first kappa shape index (κ1) is 32.2. The third-order valence-electron chi connectivity index (χ3n) is 7.42. The van der Waals surface area contributed by atoms with Crippen molar-refractivity contribution in [2.45, 2.75) is 31.7 Å². The molecule has 1 heterocycles. The maximum Gasteiger partial charge on any atom is 0.416 e. The summed E-state index contributed by atoms with van der Waals surface area (Å²) in [6, 6.07) is 24.7. The van der Waals surface area contributed by atoms with E-state index in [9.17, 15) is 39.5 Å². The minimum atomic E-state index is -4.49. The monoisotopic (exact) mass is 677 g/mol. The number of alkyl halides is 9. The molecule has 47 heavy (non-hydrogen) atoms. The molecule has 242 valence electrons. The van der Waals surface area contributed by atoms with E-state index in [1.54, 1.807) is 36.4 Å². The number of rotatable bonds is 7. The highest BCUT2D eigenvalue weighted by Gasteiger charge is 2.33. The van der Waals surface area contributed by atoms with Crippen molar-refractivity contribution in [3.63, 3.8) is 0 Å². The van der Waals surface area contributed by atoms with Crippen molar-refractivity contribution in [1.29, 1.82) is 0 Å². The summed E-state index contributed by atoms with van der Waals surface area (Å²) in [5.41, 5.74) is -1.29. The number of ether oxygens (including phenoxy) is 2. The summed E-state index contributed by atoms with van der Waals surface area (Å²) in [6.07, 6.45) is -13.4. The van der Waals surface area contributed by atoms with Crippen LogP contribution in [0, 0.1) is 0 Å². The molecular weight excluding hydrogens is 655 g/mol. The number of hydrogen-bond donors (Lipinski definition) is 0. The molecule has 5 aromatic carbocycles.